The van der Waals surface area contributed by atoms with E-state index in [2.05, 4.69) is 10.6 Å². The highest BCUT2D eigenvalue weighted by Crippen LogP contribution is 2.23. The second-order valence-corrected chi connectivity index (χ2v) is 7.78. The van der Waals surface area contributed by atoms with Crippen LogP contribution in [-0.2, 0) is 9.59 Å². The average molecular weight is 319 g/mol. The molecule has 0 aliphatic heterocycles. The third-order valence-electron chi connectivity index (χ3n) is 3.41. The number of carbonyl (C=O) groups is 2. The molecule has 0 unspecified atom stereocenters. The van der Waals surface area contributed by atoms with E-state index in [4.69, 9.17) is 0 Å². The Labute approximate surface area is 130 Å². The van der Waals surface area contributed by atoms with Crippen molar-refractivity contribution in [2.24, 2.45) is 0 Å². The molecule has 1 fully saturated rings. The van der Waals surface area contributed by atoms with E-state index in [0.29, 0.717) is 18.9 Å². The van der Waals surface area contributed by atoms with Crippen LogP contribution in [0.5, 0.6) is 0 Å². The number of carbonyl (C=O) groups excluding carboxylic acids is 2. The van der Waals surface area contributed by atoms with Crippen molar-refractivity contribution < 1.29 is 9.59 Å². The van der Waals surface area contributed by atoms with E-state index in [1.165, 1.54) is 25.7 Å². The molecule has 0 atom stereocenters. The molecule has 0 aromatic rings. The number of hydrogen-bond donors (Lipinski definition) is 2. The Balaban J connectivity index is 1.98. The predicted octanol–water partition coefficient (Wildman–Crippen LogP) is 2.73. The van der Waals surface area contributed by atoms with Gasteiger partial charge >= 0.3 is 0 Å². The Kier molecular flexibility index (Phi) is 10.0. The van der Waals surface area contributed by atoms with Crippen LogP contribution in [-0.4, -0.2) is 36.4 Å². The molecular weight excluding hydrogens is 292 g/mol. The van der Waals surface area contributed by atoms with Gasteiger partial charge in [-0.3, -0.25) is 9.59 Å². The second-order valence-electron chi connectivity index (χ2n) is 5.07. The minimum Gasteiger partial charge on any atom is -0.359 e. The van der Waals surface area contributed by atoms with Gasteiger partial charge in [-0.1, -0.05) is 47.3 Å². The topological polar surface area (TPSA) is 58.2 Å². The third-order valence-corrected chi connectivity index (χ3v) is 5.82. The van der Waals surface area contributed by atoms with Crippen LogP contribution in [0.1, 0.15) is 51.4 Å². The van der Waals surface area contributed by atoms with Gasteiger partial charge in [0.1, 0.15) is 0 Å². The molecule has 4 nitrogen and oxygen atoms in total. The molecule has 20 heavy (non-hydrogen) atoms. The van der Waals surface area contributed by atoms with E-state index in [-0.39, 0.29) is 11.8 Å². The SMILES string of the molecule is CNC(=O)CCSSCCC(=O)NC1CCCCCC1. The van der Waals surface area contributed by atoms with Crippen LogP contribution in [0.15, 0.2) is 0 Å². The fourth-order valence-electron chi connectivity index (χ4n) is 2.24. The summed E-state index contributed by atoms with van der Waals surface area (Å²) in [6.45, 7) is 0. The van der Waals surface area contributed by atoms with Crippen molar-refractivity contribution in [1.29, 1.82) is 0 Å². The predicted molar refractivity (Wildman–Crippen MR) is 87.8 cm³/mol. The van der Waals surface area contributed by atoms with Crippen molar-refractivity contribution in [3.63, 3.8) is 0 Å². The molecule has 0 aromatic heterocycles. The molecule has 0 saturated heterocycles. The quantitative estimate of drug-likeness (QED) is 0.410. The number of hydrogen-bond acceptors (Lipinski definition) is 4. The number of nitrogens with one attached hydrogen (secondary N) is 2. The summed E-state index contributed by atoms with van der Waals surface area (Å²) in [5.74, 6) is 1.87. The van der Waals surface area contributed by atoms with Crippen molar-refractivity contribution >= 4 is 33.4 Å². The molecule has 0 heterocycles. The largest absolute Gasteiger partial charge is 0.359 e. The first-order valence-electron chi connectivity index (χ1n) is 7.46. The van der Waals surface area contributed by atoms with E-state index in [1.54, 1.807) is 28.6 Å². The molecule has 0 radical (unpaired) electrons. The van der Waals surface area contributed by atoms with E-state index in [1.807, 2.05) is 0 Å². The summed E-state index contributed by atoms with van der Waals surface area (Å²) < 4.78 is 0. The van der Waals surface area contributed by atoms with Gasteiger partial charge in [0.05, 0.1) is 0 Å². The molecule has 1 rings (SSSR count). The van der Waals surface area contributed by atoms with Crippen LogP contribution in [0.3, 0.4) is 0 Å². The van der Waals surface area contributed by atoms with Crippen molar-refractivity contribution in [3.8, 4) is 0 Å². The molecule has 0 spiro atoms. The normalized spacial score (nSPS) is 16.4. The van der Waals surface area contributed by atoms with Crippen LogP contribution < -0.4 is 10.6 Å². The maximum Gasteiger partial charge on any atom is 0.221 e. The molecule has 6 heteroatoms. The summed E-state index contributed by atoms with van der Waals surface area (Å²) in [7, 11) is 4.99. The molecule has 1 saturated carbocycles. The van der Waals surface area contributed by atoms with Crippen LogP contribution in [0.25, 0.3) is 0 Å². The zero-order valence-corrected chi connectivity index (χ0v) is 13.9. The van der Waals surface area contributed by atoms with Gasteiger partial charge in [0.15, 0.2) is 0 Å². The lowest BCUT2D eigenvalue weighted by atomic mass is 10.1. The highest BCUT2D eigenvalue weighted by molar-refractivity contribution is 8.76. The zero-order valence-electron chi connectivity index (χ0n) is 12.3. The van der Waals surface area contributed by atoms with E-state index < -0.39 is 0 Å². The first kappa shape index (κ1) is 17.7. The first-order chi connectivity index (χ1) is 9.72. The van der Waals surface area contributed by atoms with Crippen molar-refractivity contribution in [3.05, 3.63) is 0 Å². The van der Waals surface area contributed by atoms with Crippen molar-refractivity contribution in [2.45, 2.75) is 57.4 Å². The van der Waals surface area contributed by atoms with Crippen LogP contribution >= 0.6 is 21.6 Å². The number of rotatable bonds is 8. The van der Waals surface area contributed by atoms with Crippen LogP contribution in [0.4, 0.5) is 0 Å². The maximum absolute atomic E-state index is 11.8. The van der Waals surface area contributed by atoms with Gasteiger partial charge < -0.3 is 10.6 Å². The summed E-state index contributed by atoms with van der Waals surface area (Å²) in [6, 6.07) is 0.399. The molecule has 0 aromatic carbocycles. The molecule has 0 bridgehead atoms. The summed E-state index contributed by atoms with van der Waals surface area (Å²) in [4.78, 5) is 22.8. The summed E-state index contributed by atoms with van der Waals surface area (Å²) in [5.41, 5.74) is 0. The Morgan fingerprint density at radius 3 is 2.05 bits per heavy atom. The summed E-state index contributed by atoms with van der Waals surface area (Å²) in [6.07, 6.45) is 8.51. The fourth-order valence-corrected chi connectivity index (χ4v) is 4.22. The minimum absolute atomic E-state index is 0.0733. The smallest absolute Gasteiger partial charge is 0.221 e. The van der Waals surface area contributed by atoms with Gasteiger partial charge in [-0.25, -0.2) is 0 Å². The monoisotopic (exact) mass is 318 g/mol. The van der Waals surface area contributed by atoms with Gasteiger partial charge in [-0.15, -0.1) is 0 Å². The van der Waals surface area contributed by atoms with Gasteiger partial charge in [-0.2, -0.15) is 0 Å². The molecule has 116 valence electrons. The average Bonchev–Trinajstić information content (AvgIpc) is 2.70. The Hall–Kier alpha value is -0.360. The van der Waals surface area contributed by atoms with Crippen molar-refractivity contribution in [1.82, 2.24) is 10.6 Å². The number of amides is 2. The van der Waals surface area contributed by atoms with Crippen LogP contribution in [0.2, 0.25) is 0 Å². The first-order valence-corrected chi connectivity index (χ1v) is 9.95. The van der Waals surface area contributed by atoms with E-state index in [0.717, 1.165) is 24.3 Å². The van der Waals surface area contributed by atoms with Crippen LogP contribution in [0, 0.1) is 0 Å². The Bertz CT molecular complexity index is 293. The minimum atomic E-state index is 0.0733. The van der Waals surface area contributed by atoms with Gasteiger partial charge in [0.25, 0.3) is 0 Å². The zero-order chi connectivity index (χ0) is 14.6. The Morgan fingerprint density at radius 1 is 0.950 bits per heavy atom. The highest BCUT2D eigenvalue weighted by Gasteiger charge is 2.14. The Morgan fingerprint density at radius 2 is 1.50 bits per heavy atom. The maximum atomic E-state index is 11.8. The summed E-state index contributed by atoms with van der Waals surface area (Å²) >= 11 is 0. The molecule has 2 N–H and O–H groups in total. The van der Waals surface area contributed by atoms with E-state index in [9.17, 15) is 9.59 Å². The lowest BCUT2D eigenvalue weighted by Gasteiger charge is -2.15. The van der Waals surface area contributed by atoms with Gasteiger partial charge in [0, 0.05) is 37.4 Å². The highest BCUT2D eigenvalue weighted by atomic mass is 33.1. The van der Waals surface area contributed by atoms with Crippen molar-refractivity contribution in [2.75, 3.05) is 18.6 Å². The van der Waals surface area contributed by atoms with Gasteiger partial charge in [0.2, 0.25) is 11.8 Å². The standard InChI is InChI=1S/C14H26N2O2S2/c1-15-13(17)8-10-19-20-11-9-14(18)16-12-6-4-2-3-5-7-12/h12H,2-11H2,1H3,(H,15,17)(H,16,18). The van der Waals surface area contributed by atoms with Gasteiger partial charge in [-0.05, 0) is 12.8 Å². The second kappa shape index (κ2) is 11.3. The molecular formula is C14H26N2O2S2. The molecule has 1 aliphatic carbocycles. The lowest BCUT2D eigenvalue weighted by molar-refractivity contribution is -0.121. The lowest BCUT2D eigenvalue weighted by Crippen LogP contribution is -2.34. The van der Waals surface area contributed by atoms with E-state index >= 15 is 0 Å². The summed E-state index contributed by atoms with van der Waals surface area (Å²) in [5, 5.41) is 5.75. The third kappa shape index (κ3) is 8.74. The fraction of sp³-hybridized carbons (Fsp3) is 0.857. The molecule has 2 amide bonds. The molecule has 1 aliphatic rings.